The van der Waals surface area contributed by atoms with Crippen molar-refractivity contribution >= 4 is 27.5 Å². The number of amidine groups is 2. The Balaban J connectivity index is 1.39. The summed E-state index contributed by atoms with van der Waals surface area (Å²) in [5.41, 5.74) is 2.11. The van der Waals surface area contributed by atoms with Crippen molar-refractivity contribution in [3.8, 4) is 0 Å². The zero-order valence-corrected chi connectivity index (χ0v) is 19.1. The third kappa shape index (κ3) is 4.57. The van der Waals surface area contributed by atoms with Gasteiger partial charge in [-0.1, -0.05) is 43.2 Å². The van der Waals surface area contributed by atoms with Gasteiger partial charge in [-0.3, -0.25) is 9.89 Å². The number of aliphatic imine (C=N–C) groups is 2. The van der Waals surface area contributed by atoms with Crippen LogP contribution < -0.4 is 0 Å². The number of hydrogen-bond acceptors (Lipinski definition) is 7. The summed E-state index contributed by atoms with van der Waals surface area (Å²) in [5.74, 6) is 2.98. The number of fused-ring (bicyclic) bond motifs is 3. The third-order valence-corrected chi connectivity index (χ3v) is 7.29. The fourth-order valence-electron chi connectivity index (χ4n) is 4.70. The van der Waals surface area contributed by atoms with E-state index >= 15 is 0 Å². The second kappa shape index (κ2) is 8.69. The molecule has 2 aromatic rings. The maximum absolute atomic E-state index is 11.4. The highest BCUT2D eigenvalue weighted by molar-refractivity contribution is 7.90. The zero-order chi connectivity index (χ0) is 22.1. The summed E-state index contributed by atoms with van der Waals surface area (Å²) in [6, 6.07) is 10.9. The summed E-state index contributed by atoms with van der Waals surface area (Å²) in [6.45, 7) is 0.959. The molecule has 0 spiro atoms. The van der Waals surface area contributed by atoms with E-state index in [1.807, 2.05) is 23.1 Å². The topological polar surface area (TPSA) is 100 Å². The normalized spacial score (nSPS) is 20.7. The SMILES string of the molecule is CS(=O)(=O)CCCOC1=Nc2nc(C3CCCC3)[nH]c2C2=N[C@H](Cc3ccccc3)CN12. The van der Waals surface area contributed by atoms with E-state index in [1.54, 1.807) is 0 Å². The number of imidazole rings is 1. The average Bonchev–Trinajstić information content (AvgIpc) is 3.49. The predicted molar refractivity (Wildman–Crippen MR) is 124 cm³/mol. The molecule has 1 N–H and O–H groups in total. The maximum atomic E-state index is 11.4. The van der Waals surface area contributed by atoms with E-state index in [2.05, 4.69) is 17.1 Å². The highest BCUT2D eigenvalue weighted by Gasteiger charge is 2.38. The minimum Gasteiger partial charge on any atom is -0.465 e. The molecule has 1 fully saturated rings. The van der Waals surface area contributed by atoms with Crippen LogP contribution in [0, 0.1) is 0 Å². The number of sulfone groups is 1. The van der Waals surface area contributed by atoms with Gasteiger partial charge in [-0.05, 0) is 31.2 Å². The second-order valence-electron chi connectivity index (χ2n) is 8.94. The number of aromatic amines is 1. The Morgan fingerprint density at radius 1 is 1.19 bits per heavy atom. The number of ether oxygens (including phenoxy) is 1. The highest BCUT2D eigenvalue weighted by atomic mass is 32.2. The molecule has 0 radical (unpaired) electrons. The quantitative estimate of drug-likeness (QED) is 0.647. The molecule has 1 atom stereocenters. The lowest BCUT2D eigenvalue weighted by molar-refractivity contribution is 0.263. The molecule has 0 unspecified atom stereocenters. The van der Waals surface area contributed by atoms with Crippen LogP contribution in [0.15, 0.2) is 40.3 Å². The first-order valence-corrected chi connectivity index (χ1v) is 13.4. The fourth-order valence-corrected chi connectivity index (χ4v) is 5.34. The number of benzene rings is 1. The van der Waals surface area contributed by atoms with E-state index in [4.69, 9.17) is 19.7 Å². The summed E-state index contributed by atoms with van der Waals surface area (Å²) in [5, 5.41) is 0. The van der Waals surface area contributed by atoms with Gasteiger partial charge in [0.1, 0.15) is 21.4 Å². The van der Waals surface area contributed by atoms with Crippen molar-refractivity contribution in [2.45, 2.75) is 50.5 Å². The molecular formula is C23H29N5O3S. The molecule has 5 rings (SSSR count). The first-order valence-electron chi connectivity index (χ1n) is 11.3. The molecule has 8 nitrogen and oxygen atoms in total. The molecule has 0 amide bonds. The van der Waals surface area contributed by atoms with Gasteiger partial charge in [0.15, 0.2) is 11.7 Å². The van der Waals surface area contributed by atoms with Crippen LogP contribution in [0.25, 0.3) is 0 Å². The Morgan fingerprint density at radius 3 is 2.72 bits per heavy atom. The summed E-state index contributed by atoms with van der Waals surface area (Å²) in [7, 11) is -3.02. The number of aromatic nitrogens is 2. The zero-order valence-electron chi connectivity index (χ0n) is 18.3. The molecule has 0 bridgehead atoms. The van der Waals surface area contributed by atoms with Crippen LogP contribution in [0.1, 0.15) is 55.1 Å². The van der Waals surface area contributed by atoms with Crippen molar-refractivity contribution in [1.29, 1.82) is 0 Å². The van der Waals surface area contributed by atoms with Crippen molar-refractivity contribution < 1.29 is 13.2 Å². The van der Waals surface area contributed by atoms with Gasteiger partial charge in [0.05, 0.1) is 24.9 Å². The van der Waals surface area contributed by atoms with Crippen molar-refractivity contribution in [1.82, 2.24) is 14.9 Å². The van der Waals surface area contributed by atoms with Gasteiger partial charge >= 0.3 is 0 Å². The van der Waals surface area contributed by atoms with Gasteiger partial charge < -0.3 is 9.72 Å². The summed E-state index contributed by atoms with van der Waals surface area (Å²) < 4.78 is 28.8. The minimum atomic E-state index is -3.02. The molecule has 3 aliphatic rings. The second-order valence-corrected chi connectivity index (χ2v) is 11.2. The van der Waals surface area contributed by atoms with Crippen molar-refractivity contribution in [3.05, 3.63) is 47.4 Å². The molecule has 2 aliphatic heterocycles. The number of nitrogens with one attached hydrogen (secondary N) is 1. The first kappa shape index (κ1) is 21.2. The fraction of sp³-hybridized carbons (Fsp3) is 0.522. The van der Waals surface area contributed by atoms with Gasteiger partial charge in [0, 0.05) is 12.2 Å². The lowest BCUT2D eigenvalue weighted by atomic mass is 10.1. The molecule has 9 heteroatoms. The standard InChI is InChI=1S/C23H29N5O3S/c1-32(29,30)13-7-12-31-23-27-21-19(25-20(26-21)17-10-5-6-11-17)22-24-18(15-28(22)23)14-16-8-3-2-4-9-16/h2-4,8-9,17-18H,5-7,10-15H2,1H3,(H,25,26)/t18-/m1/s1. The maximum Gasteiger partial charge on any atom is 0.300 e. The summed E-state index contributed by atoms with van der Waals surface area (Å²) in [4.78, 5) is 20.0. The van der Waals surface area contributed by atoms with E-state index in [0.717, 1.165) is 36.6 Å². The molecule has 1 aromatic heterocycles. The van der Waals surface area contributed by atoms with Crippen LogP contribution in [-0.4, -0.2) is 66.3 Å². The van der Waals surface area contributed by atoms with Crippen LogP contribution in [-0.2, 0) is 21.0 Å². The van der Waals surface area contributed by atoms with E-state index in [0.29, 0.717) is 30.7 Å². The number of rotatable bonds is 7. The third-order valence-electron chi connectivity index (χ3n) is 6.26. The molecule has 1 aromatic carbocycles. The number of H-pyrrole nitrogens is 1. The van der Waals surface area contributed by atoms with E-state index < -0.39 is 9.84 Å². The molecule has 1 aliphatic carbocycles. The Labute approximate surface area is 188 Å². The number of hydrogen-bond donors (Lipinski definition) is 1. The summed E-state index contributed by atoms with van der Waals surface area (Å²) in [6.07, 6.45) is 7.27. The van der Waals surface area contributed by atoms with Crippen LogP contribution >= 0.6 is 0 Å². The molecule has 1 saturated carbocycles. The van der Waals surface area contributed by atoms with Gasteiger partial charge in [-0.25, -0.2) is 13.4 Å². The van der Waals surface area contributed by atoms with Gasteiger partial charge in [0.25, 0.3) is 6.02 Å². The average molecular weight is 456 g/mol. The Hall–Kier alpha value is -2.68. The largest absolute Gasteiger partial charge is 0.465 e. The first-order chi connectivity index (χ1) is 15.5. The Morgan fingerprint density at radius 2 is 1.97 bits per heavy atom. The van der Waals surface area contributed by atoms with Gasteiger partial charge in [-0.2, -0.15) is 4.99 Å². The predicted octanol–water partition coefficient (Wildman–Crippen LogP) is 3.19. The van der Waals surface area contributed by atoms with Crippen LogP contribution in [0.2, 0.25) is 0 Å². The smallest absolute Gasteiger partial charge is 0.300 e. The van der Waals surface area contributed by atoms with Crippen molar-refractivity contribution in [3.63, 3.8) is 0 Å². The van der Waals surface area contributed by atoms with E-state index in [9.17, 15) is 8.42 Å². The minimum absolute atomic E-state index is 0.0846. The lowest BCUT2D eigenvalue weighted by Gasteiger charge is -2.25. The molecule has 3 heterocycles. The molecular weight excluding hydrogens is 426 g/mol. The lowest BCUT2D eigenvalue weighted by Crippen LogP contribution is -2.40. The van der Waals surface area contributed by atoms with Gasteiger partial charge in [0.2, 0.25) is 0 Å². The van der Waals surface area contributed by atoms with Crippen molar-refractivity contribution in [2.24, 2.45) is 9.98 Å². The monoisotopic (exact) mass is 455 g/mol. The van der Waals surface area contributed by atoms with Crippen LogP contribution in [0.5, 0.6) is 0 Å². The van der Waals surface area contributed by atoms with E-state index in [1.165, 1.54) is 24.7 Å². The van der Waals surface area contributed by atoms with Gasteiger partial charge in [-0.15, -0.1) is 0 Å². The molecule has 0 saturated heterocycles. The van der Waals surface area contributed by atoms with Crippen molar-refractivity contribution in [2.75, 3.05) is 25.2 Å². The Bertz CT molecular complexity index is 1130. The van der Waals surface area contributed by atoms with Crippen LogP contribution in [0.4, 0.5) is 5.82 Å². The molecule has 32 heavy (non-hydrogen) atoms. The highest BCUT2D eigenvalue weighted by Crippen LogP contribution is 2.36. The molecule has 170 valence electrons. The number of nitrogens with zero attached hydrogens (tertiary/aromatic N) is 4. The summed E-state index contributed by atoms with van der Waals surface area (Å²) >= 11 is 0. The van der Waals surface area contributed by atoms with Crippen LogP contribution in [0.3, 0.4) is 0 Å². The van der Waals surface area contributed by atoms with E-state index in [-0.39, 0.29) is 18.4 Å². The Kier molecular flexibility index (Phi) is 5.75.